The van der Waals surface area contributed by atoms with E-state index >= 15 is 0 Å². The van der Waals surface area contributed by atoms with Crippen LogP contribution in [-0.4, -0.2) is 45.3 Å². The van der Waals surface area contributed by atoms with Crippen molar-refractivity contribution in [3.05, 3.63) is 58.6 Å². The van der Waals surface area contributed by atoms with Crippen molar-refractivity contribution >= 4 is 17.5 Å². The molecular formula is C23H29ClN6. The van der Waals surface area contributed by atoms with Crippen LogP contribution in [0.25, 0.3) is 11.1 Å². The fourth-order valence-corrected chi connectivity index (χ4v) is 4.33. The summed E-state index contributed by atoms with van der Waals surface area (Å²) in [6.07, 6.45) is 7.42. The zero-order chi connectivity index (χ0) is 21.3. The van der Waals surface area contributed by atoms with Crippen LogP contribution in [0.1, 0.15) is 42.3 Å². The maximum absolute atomic E-state index is 6.30. The van der Waals surface area contributed by atoms with E-state index in [-0.39, 0.29) is 6.04 Å². The van der Waals surface area contributed by atoms with Gasteiger partial charge in [-0.15, -0.1) is 0 Å². The topological polar surface area (TPSA) is 50.1 Å². The van der Waals surface area contributed by atoms with Crippen LogP contribution in [0.3, 0.4) is 0 Å². The minimum Gasteiger partial charge on any atom is -0.347 e. The largest absolute Gasteiger partial charge is 0.347 e. The molecule has 1 saturated heterocycles. The zero-order valence-electron chi connectivity index (χ0n) is 18.1. The molecule has 2 aromatic heterocycles. The SMILES string of the molecule is Cc1c(CN2CCCC[C@@H]2c2nc(N(C)C)ncc2-c2cccc(Cl)c2)cnn1C. The number of anilines is 1. The van der Waals surface area contributed by atoms with Crippen LogP contribution in [0.5, 0.6) is 0 Å². The van der Waals surface area contributed by atoms with Gasteiger partial charge in [0.2, 0.25) is 5.95 Å². The Hall–Kier alpha value is -2.44. The van der Waals surface area contributed by atoms with Crippen molar-refractivity contribution in [2.45, 2.75) is 38.8 Å². The van der Waals surface area contributed by atoms with E-state index in [1.54, 1.807) is 0 Å². The molecule has 0 unspecified atom stereocenters. The minimum absolute atomic E-state index is 0.231. The maximum atomic E-state index is 6.30. The summed E-state index contributed by atoms with van der Waals surface area (Å²) in [6, 6.07) is 8.20. The van der Waals surface area contributed by atoms with Gasteiger partial charge in [-0.1, -0.05) is 30.2 Å². The van der Waals surface area contributed by atoms with Gasteiger partial charge in [0, 0.05) is 55.7 Å². The summed E-state index contributed by atoms with van der Waals surface area (Å²) in [6.45, 7) is 4.06. The Kier molecular flexibility index (Phi) is 6.06. The Bertz CT molecular complexity index is 1030. The molecule has 3 aromatic rings. The molecule has 7 heteroatoms. The van der Waals surface area contributed by atoms with Crippen LogP contribution >= 0.6 is 11.6 Å². The summed E-state index contributed by atoms with van der Waals surface area (Å²) < 4.78 is 1.94. The van der Waals surface area contributed by atoms with Gasteiger partial charge in [0.1, 0.15) is 0 Å². The fourth-order valence-electron chi connectivity index (χ4n) is 4.14. The highest BCUT2D eigenvalue weighted by Gasteiger charge is 2.29. The van der Waals surface area contributed by atoms with Crippen LogP contribution in [0.2, 0.25) is 5.02 Å². The average molecular weight is 425 g/mol. The molecule has 0 amide bonds. The monoisotopic (exact) mass is 424 g/mol. The number of halogens is 1. The maximum Gasteiger partial charge on any atom is 0.225 e. The van der Waals surface area contributed by atoms with Gasteiger partial charge < -0.3 is 4.90 Å². The Morgan fingerprint density at radius 3 is 2.73 bits per heavy atom. The molecule has 0 bridgehead atoms. The second kappa shape index (κ2) is 8.74. The molecule has 0 N–H and O–H groups in total. The van der Waals surface area contributed by atoms with Crippen molar-refractivity contribution in [2.24, 2.45) is 7.05 Å². The van der Waals surface area contributed by atoms with Gasteiger partial charge in [-0.3, -0.25) is 9.58 Å². The number of aryl methyl sites for hydroxylation is 1. The normalized spacial score (nSPS) is 17.3. The number of aromatic nitrogens is 4. The first-order valence-corrected chi connectivity index (χ1v) is 10.8. The molecule has 1 aromatic carbocycles. The summed E-state index contributed by atoms with van der Waals surface area (Å²) in [7, 11) is 5.96. The standard InChI is InChI=1S/C23H29ClN6/c1-16-18(13-26-29(16)4)15-30-11-6-5-10-21(30)22-20(14-25-23(27-22)28(2)3)17-8-7-9-19(24)12-17/h7-9,12-14,21H,5-6,10-11,15H2,1-4H3/t21-/m1/s1. The van der Waals surface area contributed by atoms with E-state index < -0.39 is 0 Å². The quantitative estimate of drug-likeness (QED) is 0.597. The first-order valence-electron chi connectivity index (χ1n) is 10.5. The number of benzene rings is 1. The third-order valence-electron chi connectivity index (χ3n) is 5.98. The molecule has 1 fully saturated rings. The lowest BCUT2D eigenvalue weighted by Gasteiger charge is -2.36. The van der Waals surface area contributed by atoms with Crippen LogP contribution in [0.4, 0.5) is 5.95 Å². The Morgan fingerprint density at radius 2 is 2.03 bits per heavy atom. The van der Waals surface area contributed by atoms with Crippen LogP contribution in [0.15, 0.2) is 36.7 Å². The van der Waals surface area contributed by atoms with Crippen LogP contribution < -0.4 is 4.90 Å². The van der Waals surface area contributed by atoms with Crippen LogP contribution in [-0.2, 0) is 13.6 Å². The van der Waals surface area contributed by atoms with E-state index in [0.29, 0.717) is 0 Å². The molecular weight excluding hydrogens is 396 g/mol. The van der Waals surface area contributed by atoms with Crippen molar-refractivity contribution in [3.8, 4) is 11.1 Å². The predicted molar refractivity (Wildman–Crippen MR) is 122 cm³/mol. The minimum atomic E-state index is 0.231. The third kappa shape index (κ3) is 4.20. The van der Waals surface area contributed by atoms with E-state index in [4.69, 9.17) is 16.6 Å². The Morgan fingerprint density at radius 1 is 1.20 bits per heavy atom. The number of nitrogens with zero attached hydrogens (tertiary/aromatic N) is 6. The van der Waals surface area contributed by atoms with Gasteiger partial charge in [0.05, 0.1) is 17.9 Å². The number of hydrogen-bond donors (Lipinski definition) is 0. The molecule has 1 atom stereocenters. The zero-order valence-corrected chi connectivity index (χ0v) is 18.9. The van der Waals surface area contributed by atoms with Crippen molar-refractivity contribution in [3.63, 3.8) is 0 Å². The average Bonchev–Trinajstić information content (AvgIpc) is 3.06. The second-order valence-corrected chi connectivity index (χ2v) is 8.67. The number of piperidine rings is 1. The third-order valence-corrected chi connectivity index (χ3v) is 6.22. The van der Waals surface area contributed by atoms with E-state index in [9.17, 15) is 0 Å². The number of hydrogen-bond acceptors (Lipinski definition) is 5. The summed E-state index contributed by atoms with van der Waals surface area (Å²) in [5.41, 5.74) is 5.69. The van der Waals surface area contributed by atoms with Gasteiger partial charge in [-0.05, 0) is 44.0 Å². The molecule has 0 radical (unpaired) electrons. The fraction of sp³-hybridized carbons (Fsp3) is 0.435. The lowest BCUT2D eigenvalue weighted by molar-refractivity contribution is 0.137. The summed E-state index contributed by atoms with van der Waals surface area (Å²) >= 11 is 6.30. The molecule has 3 heterocycles. The van der Waals surface area contributed by atoms with Crippen molar-refractivity contribution in [1.29, 1.82) is 0 Å². The summed E-state index contributed by atoms with van der Waals surface area (Å²) in [5.74, 6) is 0.735. The molecule has 0 aliphatic carbocycles. The van der Waals surface area contributed by atoms with Crippen molar-refractivity contribution in [1.82, 2.24) is 24.6 Å². The lowest BCUT2D eigenvalue weighted by Crippen LogP contribution is -2.34. The van der Waals surface area contributed by atoms with Gasteiger partial charge in [0.25, 0.3) is 0 Å². The van der Waals surface area contributed by atoms with Crippen molar-refractivity contribution < 1.29 is 0 Å². The highest BCUT2D eigenvalue weighted by molar-refractivity contribution is 6.30. The molecule has 30 heavy (non-hydrogen) atoms. The van der Waals surface area contributed by atoms with Crippen molar-refractivity contribution in [2.75, 3.05) is 25.5 Å². The smallest absolute Gasteiger partial charge is 0.225 e. The van der Waals surface area contributed by atoms with E-state index in [2.05, 4.69) is 28.0 Å². The number of likely N-dealkylation sites (tertiary alicyclic amines) is 1. The highest BCUT2D eigenvalue weighted by atomic mass is 35.5. The highest BCUT2D eigenvalue weighted by Crippen LogP contribution is 2.37. The Labute approximate surface area is 183 Å². The van der Waals surface area contributed by atoms with E-state index in [1.165, 1.54) is 24.1 Å². The predicted octanol–water partition coefficient (Wildman–Crippen LogP) is 4.63. The summed E-state index contributed by atoms with van der Waals surface area (Å²) in [5, 5.41) is 5.16. The molecule has 0 saturated carbocycles. The van der Waals surface area contributed by atoms with Gasteiger partial charge in [-0.25, -0.2) is 9.97 Å². The van der Waals surface area contributed by atoms with Crippen LogP contribution in [0, 0.1) is 6.92 Å². The first kappa shape index (κ1) is 20.8. The summed E-state index contributed by atoms with van der Waals surface area (Å²) in [4.78, 5) is 14.1. The van der Waals surface area contributed by atoms with Gasteiger partial charge in [-0.2, -0.15) is 5.10 Å². The molecule has 1 aliphatic heterocycles. The number of rotatable bonds is 5. The Balaban J connectivity index is 1.77. The lowest BCUT2D eigenvalue weighted by atomic mass is 9.93. The van der Waals surface area contributed by atoms with E-state index in [1.807, 2.05) is 61.3 Å². The van der Waals surface area contributed by atoms with E-state index in [0.717, 1.165) is 47.3 Å². The molecule has 0 spiro atoms. The molecule has 4 rings (SSSR count). The first-order chi connectivity index (χ1) is 14.4. The molecule has 6 nitrogen and oxygen atoms in total. The van der Waals surface area contributed by atoms with Gasteiger partial charge in [0.15, 0.2) is 0 Å². The molecule has 1 aliphatic rings. The van der Waals surface area contributed by atoms with Gasteiger partial charge >= 0.3 is 0 Å². The molecule has 158 valence electrons. The second-order valence-electron chi connectivity index (χ2n) is 8.23.